The fourth-order valence-corrected chi connectivity index (χ4v) is 5.42. The number of hydrogen-bond acceptors (Lipinski definition) is 8. The third kappa shape index (κ3) is 8.45. The van der Waals surface area contributed by atoms with Crippen LogP contribution in [0.15, 0.2) is 18.2 Å². The number of fused-ring (bicyclic) bond motifs is 2. The van der Waals surface area contributed by atoms with Gasteiger partial charge >= 0.3 is 11.9 Å². The molecule has 1 aromatic rings. The first kappa shape index (κ1) is 28.9. The quantitative estimate of drug-likeness (QED) is 0.514. The Kier molecular flexibility index (Phi) is 10.2. The van der Waals surface area contributed by atoms with Crippen molar-refractivity contribution in [1.29, 1.82) is 0 Å². The van der Waals surface area contributed by atoms with Crippen LogP contribution in [0.25, 0.3) is 0 Å². The molecule has 0 saturated carbocycles. The minimum absolute atomic E-state index is 0.0147. The highest BCUT2D eigenvalue weighted by molar-refractivity contribution is 5.79. The maximum Gasteiger partial charge on any atom is 0.306 e. The predicted molar refractivity (Wildman–Crippen MR) is 139 cm³/mol. The molecule has 0 aromatic carbocycles. The third-order valence-corrected chi connectivity index (χ3v) is 7.85. The third-order valence-electron chi connectivity index (χ3n) is 7.85. The van der Waals surface area contributed by atoms with Gasteiger partial charge in [-0.2, -0.15) is 0 Å². The van der Waals surface area contributed by atoms with E-state index in [0.717, 1.165) is 11.4 Å². The SMILES string of the molecule is O=C(O)C1CCN(C(=O)CN2CCOCCN(CC(=O)N3CCC(C(=O)O)CC3)Cc3cccc(n3)C2)CC1. The van der Waals surface area contributed by atoms with Crippen LogP contribution in [-0.2, 0) is 37.0 Å². The van der Waals surface area contributed by atoms with Crippen molar-refractivity contribution in [3.8, 4) is 0 Å². The number of piperidine rings is 2. The largest absolute Gasteiger partial charge is 0.481 e. The molecule has 3 aliphatic rings. The molecule has 12 nitrogen and oxygen atoms in total. The summed E-state index contributed by atoms with van der Waals surface area (Å²) in [5.41, 5.74) is 1.65. The van der Waals surface area contributed by atoms with Crippen LogP contribution >= 0.6 is 0 Å². The second kappa shape index (κ2) is 13.8. The van der Waals surface area contributed by atoms with Gasteiger partial charge in [0.15, 0.2) is 0 Å². The Morgan fingerprint density at radius 3 is 1.51 bits per heavy atom. The summed E-state index contributed by atoms with van der Waals surface area (Å²) in [4.78, 5) is 60.7. The molecule has 2 bridgehead atoms. The van der Waals surface area contributed by atoms with Gasteiger partial charge in [-0.3, -0.25) is 34.0 Å². The molecule has 12 heteroatoms. The molecule has 0 aliphatic carbocycles. The Labute approximate surface area is 228 Å². The van der Waals surface area contributed by atoms with Crippen molar-refractivity contribution in [2.45, 2.75) is 38.8 Å². The number of hydrogen-bond donors (Lipinski definition) is 2. The highest BCUT2D eigenvalue weighted by Crippen LogP contribution is 2.19. The lowest BCUT2D eigenvalue weighted by Crippen LogP contribution is -2.46. The number of rotatable bonds is 6. The normalized spacial score (nSPS) is 21.1. The van der Waals surface area contributed by atoms with Crippen LogP contribution in [0.2, 0.25) is 0 Å². The molecule has 3 aliphatic heterocycles. The topological polar surface area (TPSA) is 144 Å². The van der Waals surface area contributed by atoms with E-state index in [-0.39, 0.29) is 36.7 Å². The van der Waals surface area contributed by atoms with E-state index in [1.165, 1.54) is 0 Å². The van der Waals surface area contributed by atoms with Crippen molar-refractivity contribution in [3.63, 3.8) is 0 Å². The zero-order valence-corrected chi connectivity index (χ0v) is 22.4. The van der Waals surface area contributed by atoms with Crippen LogP contribution in [0, 0.1) is 11.8 Å². The lowest BCUT2D eigenvalue weighted by molar-refractivity contribution is -0.146. The fraction of sp³-hybridized carbons (Fsp3) is 0.667. The standard InChI is InChI=1S/C27H39N5O7/c33-24(31-8-4-20(5-9-31)26(35)36)18-29-12-14-39-15-13-30(17-23-3-1-2-22(16-29)28-23)19-25(34)32-10-6-21(7-11-32)27(37)38/h1-3,20-21H,4-19H2,(H,35,36)(H,37,38). The van der Waals surface area contributed by atoms with Crippen LogP contribution in [0.3, 0.4) is 0 Å². The predicted octanol–water partition coefficient (Wildman–Crippen LogP) is 0.362. The molecule has 214 valence electrons. The number of carbonyl (C=O) groups is 4. The first-order valence-corrected chi connectivity index (χ1v) is 13.8. The van der Waals surface area contributed by atoms with Gasteiger partial charge in [0.1, 0.15) is 0 Å². The van der Waals surface area contributed by atoms with Crippen molar-refractivity contribution in [2.24, 2.45) is 11.8 Å². The van der Waals surface area contributed by atoms with E-state index in [1.54, 1.807) is 9.80 Å². The lowest BCUT2D eigenvalue weighted by Gasteiger charge is -2.33. The molecule has 39 heavy (non-hydrogen) atoms. The molecular formula is C27H39N5O7. The van der Waals surface area contributed by atoms with E-state index >= 15 is 0 Å². The van der Waals surface area contributed by atoms with Gasteiger partial charge < -0.3 is 24.7 Å². The number of carbonyl (C=O) groups excluding carboxylic acids is 2. The number of aliphatic carboxylic acids is 2. The van der Waals surface area contributed by atoms with Crippen molar-refractivity contribution < 1.29 is 34.1 Å². The second-order valence-corrected chi connectivity index (χ2v) is 10.6. The molecule has 1 aromatic heterocycles. The van der Waals surface area contributed by atoms with E-state index in [2.05, 4.69) is 0 Å². The van der Waals surface area contributed by atoms with Crippen molar-refractivity contribution in [1.82, 2.24) is 24.6 Å². The Morgan fingerprint density at radius 1 is 0.718 bits per heavy atom. The van der Waals surface area contributed by atoms with Gasteiger partial charge in [0.2, 0.25) is 11.8 Å². The van der Waals surface area contributed by atoms with Gasteiger partial charge in [-0.25, -0.2) is 0 Å². The van der Waals surface area contributed by atoms with Gasteiger partial charge in [-0.1, -0.05) is 6.07 Å². The van der Waals surface area contributed by atoms with Crippen LogP contribution in [-0.4, -0.2) is 124 Å². The Balaban J connectivity index is 1.33. The van der Waals surface area contributed by atoms with E-state index in [9.17, 15) is 29.4 Å². The molecule has 0 atom stereocenters. The molecule has 2 fully saturated rings. The van der Waals surface area contributed by atoms with Gasteiger partial charge in [0, 0.05) is 52.4 Å². The summed E-state index contributed by atoms with van der Waals surface area (Å²) in [6, 6.07) is 5.79. The molecule has 0 spiro atoms. The summed E-state index contributed by atoms with van der Waals surface area (Å²) in [5, 5.41) is 18.4. The summed E-state index contributed by atoms with van der Waals surface area (Å²) in [6.07, 6.45) is 1.92. The Hall–Kier alpha value is -3.09. The Morgan fingerprint density at radius 2 is 1.13 bits per heavy atom. The fourth-order valence-electron chi connectivity index (χ4n) is 5.42. The average molecular weight is 546 g/mol. The number of likely N-dealkylation sites (tertiary alicyclic amines) is 2. The zero-order chi connectivity index (χ0) is 27.8. The summed E-state index contributed by atoms with van der Waals surface area (Å²) < 4.78 is 5.88. The molecule has 2 N–H and O–H groups in total. The molecule has 0 unspecified atom stereocenters. The van der Waals surface area contributed by atoms with Crippen LogP contribution in [0.1, 0.15) is 37.1 Å². The van der Waals surface area contributed by atoms with Gasteiger partial charge in [-0.15, -0.1) is 0 Å². The van der Waals surface area contributed by atoms with Gasteiger partial charge in [-0.05, 0) is 37.8 Å². The van der Waals surface area contributed by atoms with Gasteiger partial charge in [0.25, 0.3) is 0 Å². The van der Waals surface area contributed by atoms with E-state index in [0.29, 0.717) is 91.3 Å². The summed E-state index contributed by atoms with van der Waals surface area (Å²) in [7, 11) is 0. The highest BCUT2D eigenvalue weighted by Gasteiger charge is 2.29. The molecule has 4 rings (SSSR count). The van der Waals surface area contributed by atoms with Crippen molar-refractivity contribution in [3.05, 3.63) is 29.6 Å². The number of amides is 2. The molecule has 2 amide bonds. The number of ether oxygens (including phenoxy) is 1. The number of aromatic nitrogens is 1. The molecule has 2 saturated heterocycles. The average Bonchev–Trinajstić information content (AvgIpc) is 2.92. The maximum absolute atomic E-state index is 13.0. The Bertz CT molecular complexity index is 946. The molecule has 4 heterocycles. The first-order valence-electron chi connectivity index (χ1n) is 13.8. The maximum atomic E-state index is 13.0. The second-order valence-electron chi connectivity index (χ2n) is 10.6. The van der Waals surface area contributed by atoms with Gasteiger partial charge in [0.05, 0.1) is 49.5 Å². The number of carboxylic acid groups (broad SMARTS) is 2. The van der Waals surface area contributed by atoms with Crippen molar-refractivity contribution >= 4 is 23.8 Å². The number of carboxylic acids is 2. The minimum atomic E-state index is -0.795. The summed E-state index contributed by atoms with van der Waals surface area (Å²) in [6.45, 7) is 5.16. The lowest BCUT2D eigenvalue weighted by atomic mass is 9.97. The minimum Gasteiger partial charge on any atom is -0.481 e. The van der Waals surface area contributed by atoms with E-state index < -0.39 is 11.9 Å². The summed E-state index contributed by atoms with van der Waals surface area (Å²) in [5.74, 6) is -2.38. The molecule has 0 radical (unpaired) electrons. The van der Waals surface area contributed by atoms with E-state index in [1.807, 2.05) is 28.0 Å². The van der Waals surface area contributed by atoms with Crippen LogP contribution in [0.4, 0.5) is 0 Å². The van der Waals surface area contributed by atoms with E-state index in [4.69, 9.17) is 9.72 Å². The molecular weight excluding hydrogens is 506 g/mol. The summed E-state index contributed by atoms with van der Waals surface area (Å²) >= 11 is 0. The smallest absolute Gasteiger partial charge is 0.306 e. The first-order chi connectivity index (χ1) is 18.8. The highest BCUT2D eigenvalue weighted by atomic mass is 16.5. The number of nitrogens with zero attached hydrogens (tertiary/aromatic N) is 5. The number of pyridine rings is 1. The van der Waals surface area contributed by atoms with Crippen LogP contribution in [0.5, 0.6) is 0 Å². The van der Waals surface area contributed by atoms with Crippen molar-refractivity contribution in [2.75, 3.05) is 65.6 Å². The monoisotopic (exact) mass is 545 g/mol. The van der Waals surface area contributed by atoms with Crippen LogP contribution < -0.4 is 0 Å². The zero-order valence-electron chi connectivity index (χ0n) is 22.4.